The monoisotopic (exact) mass is 493 g/mol. The van der Waals surface area contributed by atoms with Gasteiger partial charge in [-0.25, -0.2) is 23.4 Å². The van der Waals surface area contributed by atoms with E-state index in [1.54, 1.807) is 12.4 Å². The molecule has 2 saturated carbocycles. The van der Waals surface area contributed by atoms with Gasteiger partial charge in [-0.05, 0) is 37.8 Å². The van der Waals surface area contributed by atoms with Gasteiger partial charge in [-0.2, -0.15) is 9.19 Å². The fourth-order valence-corrected chi connectivity index (χ4v) is 6.42. The molecule has 10 nitrogen and oxygen atoms in total. The molecular weight excluding hydrogens is 466 g/mol. The molecule has 4 aromatic rings. The summed E-state index contributed by atoms with van der Waals surface area (Å²) in [5.41, 5.74) is 3.95. The van der Waals surface area contributed by atoms with Crippen molar-refractivity contribution in [1.29, 1.82) is 0 Å². The maximum atomic E-state index is 12.4. The third-order valence-corrected chi connectivity index (χ3v) is 8.92. The predicted octanol–water partition coefficient (Wildman–Crippen LogP) is 3.01. The van der Waals surface area contributed by atoms with E-state index in [4.69, 9.17) is 0 Å². The Labute approximate surface area is 203 Å². The van der Waals surface area contributed by atoms with E-state index in [1.807, 2.05) is 12.1 Å². The van der Waals surface area contributed by atoms with Gasteiger partial charge in [-0.15, -0.1) is 0 Å². The largest absolute Gasteiger partial charge is 0.388 e. The molecule has 0 bridgehead atoms. The highest BCUT2D eigenvalue weighted by Gasteiger charge is 2.37. The van der Waals surface area contributed by atoms with Crippen LogP contribution in [0.15, 0.2) is 36.9 Å². The first kappa shape index (κ1) is 22.3. The maximum absolute atomic E-state index is 12.4. The molecule has 0 unspecified atom stereocenters. The van der Waals surface area contributed by atoms with Gasteiger partial charge in [-0.3, -0.25) is 4.98 Å². The Hall–Kier alpha value is -3.18. The number of hydrogen-bond acceptors (Lipinski definition) is 8. The second-order valence-electron chi connectivity index (χ2n) is 9.41. The standard InChI is InChI=1S/C24H27N7O3S/c32-15-23-29-21-13-26-18(11-22(21)31(23)19-4-2-1-3-5-19)10-17-8-9-25-24(28-17)16-12-27-30(14-16)35(33,34)20-6-7-20/h8-9,11-14,19-20,32H,1-7,10,15H2. The highest BCUT2D eigenvalue weighted by molar-refractivity contribution is 7.90. The van der Waals surface area contributed by atoms with Crippen LogP contribution >= 0.6 is 0 Å². The smallest absolute Gasteiger partial charge is 0.256 e. The molecule has 0 amide bonds. The Morgan fingerprint density at radius 2 is 1.83 bits per heavy atom. The van der Waals surface area contributed by atoms with E-state index in [2.05, 4.69) is 29.6 Å². The zero-order valence-electron chi connectivity index (χ0n) is 19.3. The van der Waals surface area contributed by atoms with Crippen LogP contribution in [0.25, 0.3) is 22.4 Å². The molecule has 0 atom stereocenters. The van der Waals surface area contributed by atoms with Crippen molar-refractivity contribution in [2.45, 2.75) is 69.3 Å². The number of aliphatic hydroxyl groups is 1. The van der Waals surface area contributed by atoms with Crippen LogP contribution in [0.1, 0.15) is 68.2 Å². The summed E-state index contributed by atoms with van der Waals surface area (Å²) >= 11 is 0. The number of hydrogen-bond donors (Lipinski definition) is 1. The summed E-state index contributed by atoms with van der Waals surface area (Å²) in [5, 5.41) is 13.6. The van der Waals surface area contributed by atoms with Gasteiger partial charge in [0.05, 0.1) is 40.6 Å². The fourth-order valence-electron chi connectivity index (χ4n) is 4.94. The van der Waals surface area contributed by atoms with Gasteiger partial charge < -0.3 is 9.67 Å². The van der Waals surface area contributed by atoms with Gasteiger partial charge in [0.15, 0.2) is 5.82 Å². The molecule has 11 heteroatoms. The van der Waals surface area contributed by atoms with Gasteiger partial charge in [0.25, 0.3) is 10.0 Å². The van der Waals surface area contributed by atoms with Crippen LogP contribution < -0.4 is 0 Å². The average Bonchev–Trinajstić information content (AvgIpc) is 3.51. The van der Waals surface area contributed by atoms with Crippen molar-refractivity contribution in [3.63, 3.8) is 0 Å². The van der Waals surface area contributed by atoms with Crippen molar-refractivity contribution in [2.75, 3.05) is 0 Å². The molecule has 182 valence electrons. The van der Waals surface area contributed by atoms with Crippen LogP contribution in [0.4, 0.5) is 0 Å². The van der Waals surface area contributed by atoms with Crippen LogP contribution in [0.5, 0.6) is 0 Å². The van der Waals surface area contributed by atoms with Gasteiger partial charge in [0.1, 0.15) is 17.9 Å². The van der Waals surface area contributed by atoms with Crippen LogP contribution in [0.3, 0.4) is 0 Å². The molecule has 0 aliphatic heterocycles. The lowest BCUT2D eigenvalue weighted by Crippen LogP contribution is -2.17. The maximum Gasteiger partial charge on any atom is 0.256 e. The molecule has 2 fully saturated rings. The summed E-state index contributed by atoms with van der Waals surface area (Å²) in [6.07, 6.45) is 14.1. The predicted molar refractivity (Wildman–Crippen MR) is 129 cm³/mol. The van der Waals surface area contributed by atoms with Crippen LogP contribution in [-0.4, -0.2) is 52.5 Å². The van der Waals surface area contributed by atoms with E-state index >= 15 is 0 Å². The SMILES string of the molecule is O=S(=O)(C1CC1)n1cc(-c2nccc(Cc3cc4c(cn3)nc(CO)n4C3CCCCC3)n2)cn1. The number of pyridine rings is 1. The average molecular weight is 494 g/mol. The van der Waals surface area contributed by atoms with E-state index in [1.165, 1.54) is 31.7 Å². The number of rotatable bonds is 7. The van der Waals surface area contributed by atoms with E-state index in [0.717, 1.165) is 39.4 Å². The zero-order chi connectivity index (χ0) is 24.0. The lowest BCUT2D eigenvalue weighted by molar-refractivity contribution is 0.253. The molecule has 35 heavy (non-hydrogen) atoms. The van der Waals surface area contributed by atoms with Gasteiger partial charge in [-0.1, -0.05) is 19.3 Å². The summed E-state index contributed by atoms with van der Waals surface area (Å²) in [5.74, 6) is 1.11. The minimum absolute atomic E-state index is 0.0973. The third-order valence-electron chi connectivity index (χ3n) is 6.89. The van der Waals surface area contributed by atoms with Crippen molar-refractivity contribution in [1.82, 2.24) is 33.7 Å². The molecule has 2 aliphatic carbocycles. The lowest BCUT2D eigenvalue weighted by Gasteiger charge is -2.25. The first-order chi connectivity index (χ1) is 17.0. The van der Waals surface area contributed by atoms with Gasteiger partial charge in [0.2, 0.25) is 0 Å². The van der Waals surface area contributed by atoms with E-state index in [9.17, 15) is 13.5 Å². The number of aliphatic hydroxyl groups excluding tert-OH is 1. The Kier molecular flexibility index (Phi) is 5.60. The quantitative estimate of drug-likeness (QED) is 0.416. The molecule has 2 aliphatic rings. The summed E-state index contributed by atoms with van der Waals surface area (Å²) in [7, 11) is -3.43. The first-order valence-corrected chi connectivity index (χ1v) is 13.6. The Bertz CT molecular complexity index is 1480. The highest BCUT2D eigenvalue weighted by atomic mass is 32.2. The second kappa shape index (κ2) is 8.80. The molecule has 0 aromatic carbocycles. The molecule has 4 aromatic heterocycles. The van der Waals surface area contributed by atoms with Crippen molar-refractivity contribution in [3.05, 3.63) is 54.1 Å². The van der Waals surface area contributed by atoms with Crippen LogP contribution in [0, 0.1) is 0 Å². The minimum Gasteiger partial charge on any atom is -0.388 e. The second-order valence-corrected chi connectivity index (χ2v) is 11.5. The minimum atomic E-state index is -3.43. The Balaban J connectivity index is 1.29. The molecule has 0 radical (unpaired) electrons. The van der Waals surface area contributed by atoms with Crippen molar-refractivity contribution in [2.24, 2.45) is 0 Å². The molecule has 4 heterocycles. The molecule has 6 rings (SSSR count). The first-order valence-electron chi connectivity index (χ1n) is 12.1. The molecule has 0 spiro atoms. The number of nitrogens with zero attached hydrogens (tertiary/aromatic N) is 7. The topological polar surface area (TPSA) is 129 Å². The molecular formula is C24H27N7O3S. The summed E-state index contributed by atoms with van der Waals surface area (Å²) in [4.78, 5) is 18.2. The van der Waals surface area contributed by atoms with Gasteiger partial charge in [0, 0.05) is 24.4 Å². The Morgan fingerprint density at radius 3 is 2.60 bits per heavy atom. The molecule has 1 N–H and O–H groups in total. The van der Waals surface area contributed by atoms with Gasteiger partial charge >= 0.3 is 0 Å². The number of aromatic nitrogens is 7. The highest BCUT2D eigenvalue weighted by Crippen LogP contribution is 2.33. The summed E-state index contributed by atoms with van der Waals surface area (Å²) < 4.78 is 28.1. The fraction of sp³-hybridized carbons (Fsp3) is 0.458. The summed E-state index contributed by atoms with van der Waals surface area (Å²) in [6.45, 7) is -0.0973. The van der Waals surface area contributed by atoms with Crippen molar-refractivity contribution in [3.8, 4) is 11.4 Å². The van der Waals surface area contributed by atoms with Crippen molar-refractivity contribution >= 4 is 21.1 Å². The number of imidazole rings is 1. The molecule has 0 saturated heterocycles. The van der Waals surface area contributed by atoms with E-state index in [-0.39, 0.29) is 11.9 Å². The van der Waals surface area contributed by atoms with Crippen LogP contribution in [0.2, 0.25) is 0 Å². The normalized spacial score (nSPS) is 17.3. The van der Waals surface area contributed by atoms with E-state index < -0.39 is 10.0 Å². The zero-order valence-corrected chi connectivity index (χ0v) is 20.1. The van der Waals surface area contributed by atoms with Crippen LogP contribution in [-0.2, 0) is 23.1 Å². The number of fused-ring (bicyclic) bond motifs is 1. The third kappa shape index (κ3) is 4.23. The van der Waals surface area contributed by atoms with Crippen molar-refractivity contribution < 1.29 is 13.5 Å². The lowest BCUT2D eigenvalue weighted by atomic mass is 9.95. The van der Waals surface area contributed by atoms with E-state index in [0.29, 0.717) is 42.5 Å². The Morgan fingerprint density at radius 1 is 1.00 bits per heavy atom. The summed E-state index contributed by atoms with van der Waals surface area (Å²) in [6, 6.07) is 4.22.